The molecule has 0 saturated carbocycles. The Bertz CT molecular complexity index is 567. The number of hydrogen-bond acceptors (Lipinski definition) is 4. The number of hydrogen-bond donors (Lipinski definition) is 0. The van der Waals surface area contributed by atoms with Crippen molar-refractivity contribution in [1.82, 2.24) is 4.31 Å². The van der Waals surface area contributed by atoms with Gasteiger partial charge in [-0.3, -0.25) is 4.79 Å². The number of carbonyl (C=O) groups is 1. The average Bonchev–Trinajstić information content (AvgIpc) is 2.90. The largest absolute Gasteiger partial charge is 0.307 e. The molecular weight excluding hydrogens is 272 g/mol. The highest BCUT2D eigenvalue weighted by Gasteiger charge is 2.50. The molecule has 3 rings (SSSR count). The monoisotopic (exact) mass is 286 g/mol. The van der Waals surface area contributed by atoms with Crippen LogP contribution in [0, 0.1) is 0 Å². The van der Waals surface area contributed by atoms with Crippen molar-refractivity contribution >= 4 is 33.0 Å². The quantitative estimate of drug-likeness (QED) is 0.811. The molecule has 5 nitrogen and oxygen atoms in total. The van der Waals surface area contributed by atoms with Crippen molar-refractivity contribution in [3.8, 4) is 0 Å². The maximum absolute atomic E-state index is 12.1. The van der Waals surface area contributed by atoms with Gasteiger partial charge in [-0.1, -0.05) is 0 Å². The van der Waals surface area contributed by atoms with E-state index in [1.54, 1.807) is 16.2 Å². The Balaban J connectivity index is 1.93. The zero-order valence-corrected chi connectivity index (χ0v) is 11.6. The second-order valence-corrected chi connectivity index (χ2v) is 7.46. The number of amides is 1. The molecule has 0 N–H and O–H groups in total. The first kappa shape index (κ1) is 12.1. The molecule has 2 aliphatic heterocycles. The molecule has 2 aliphatic rings. The summed E-state index contributed by atoms with van der Waals surface area (Å²) in [6.45, 7) is 0.516. The third-order valence-corrected chi connectivity index (χ3v) is 5.63. The highest BCUT2D eigenvalue weighted by molar-refractivity contribution is 7.88. The molecule has 0 spiro atoms. The lowest BCUT2D eigenvalue weighted by atomic mass is 10.1. The molecule has 7 heteroatoms. The maximum atomic E-state index is 12.1. The van der Waals surface area contributed by atoms with Gasteiger partial charge in [0.15, 0.2) is 0 Å². The van der Waals surface area contributed by atoms with Gasteiger partial charge >= 0.3 is 0 Å². The Morgan fingerprint density at radius 2 is 2.17 bits per heavy atom. The van der Waals surface area contributed by atoms with E-state index in [2.05, 4.69) is 0 Å². The SMILES string of the molecule is CS(=O)(=O)N1CC[C@@H]2[C@@H]1CC(=O)N2c1ccsc1. The van der Waals surface area contributed by atoms with Crippen LogP contribution in [-0.4, -0.2) is 43.5 Å². The number of rotatable bonds is 2. The van der Waals surface area contributed by atoms with E-state index in [1.807, 2.05) is 16.8 Å². The highest BCUT2D eigenvalue weighted by atomic mass is 32.2. The van der Waals surface area contributed by atoms with Crippen LogP contribution in [0.25, 0.3) is 0 Å². The van der Waals surface area contributed by atoms with Gasteiger partial charge in [0.1, 0.15) is 0 Å². The smallest absolute Gasteiger partial charge is 0.229 e. The summed E-state index contributed by atoms with van der Waals surface area (Å²) in [5.74, 6) is 0.0248. The Morgan fingerprint density at radius 3 is 2.78 bits per heavy atom. The first-order valence-corrected chi connectivity index (χ1v) is 8.58. The molecular formula is C11H14N2O3S2. The summed E-state index contributed by atoms with van der Waals surface area (Å²) in [5.41, 5.74) is 0.896. The van der Waals surface area contributed by atoms with Gasteiger partial charge in [-0.15, -0.1) is 0 Å². The predicted molar refractivity (Wildman–Crippen MR) is 70.2 cm³/mol. The summed E-state index contributed by atoms with van der Waals surface area (Å²) in [6, 6.07) is 1.72. The molecule has 2 fully saturated rings. The fourth-order valence-corrected chi connectivity index (χ4v) is 4.72. The van der Waals surface area contributed by atoms with Crippen molar-refractivity contribution < 1.29 is 13.2 Å². The lowest BCUT2D eigenvalue weighted by Gasteiger charge is -2.23. The van der Waals surface area contributed by atoms with Crippen LogP contribution in [0.2, 0.25) is 0 Å². The molecule has 0 radical (unpaired) electrons. The summed E-state index contributed by atoms with van der Waals surface area (Å²) in [5, 5.41) is 3.86. The van der Waals surface area contributed by atoms with E-state index in [9.17, 15) is 13.2 Å². The Hall–Kier alpha value is -0.920. The zero-order valence-electron chi connectivity index (χ0n) is 9.94. The third-order valence-electron chi connectivity index (χ3n) is 3.65. The lowest BCUT2D eigenvalue weighted by molar-refractivity contribution is -0.117. The number of nitrogens with zero attached hydrogens (tertiary/aromatic N) is 2. The third kappa shape index (κ3) is 1.77. The Labute approximate surface area is 110 Å². The molecule has 98 valence electrons. The van der Waals surface area contributed by atoms with Gasteiger partial charge in [0.05, 0.1) is 24.0 Å². The highest BCUT2D eigenvalue weighted by Crippen LogP contribution is 2.37. The van der Waals surface area contributed by atoms with Crippen LogP contribution >= 0.6 is 11.3 Å². The molecule has 1 aromatic heterocycles. The number of carbonyl (C=O) groups excluding carboxylic acids is 1. The van der Waals surface area contributed by atoms with E-state index < -0.39 is 10.0 Å². The normalized spacial score (nSPS) is 28.9. The van der Waals surface area contributed by atoms with E-state index in [0.29, 0.717) is 13.0 Å². The first-order chi connectivity index (χ1) is 8.48. The Kier molecular flexibility index (Phi) is 2.72. The molecule has 0 unspecified atom stereocenters. The zero-order chi connectivity index (χ0) is 12.9. The van der Waals surface area contributed by atoms with Gasteiger partial charge in [-0.2, -0.15) is 15.6 Å². The van der Waals surface area contributed by atoms with Gasteiger partial charge in [0.2, 0.25) is 15.9 Å². The fraction of sp³-hybridized carbons (Fsp3) is 0.545. The van der Waals surface area contributed by atoms with Crippen LogP contribution in [0.3, 0.4) is 0 Å². The molecule has 1 amide bonds. The second kappa shape index (κ2) is 4.04. The van der Waals surface area contributed by atoms with Crippen LogP contribution < -0.4 is 4.90 Å². The topological polar surface area (TPSA) is 57.7 Å². The minimum atomic E-state index is -3.22. The van der Waals surface area contributed by atoms with Crippen LogP contribution in [-0.2, 0) is 14.8 Å². The summed E-state index contributed by atoms with van der Waals surface area (Å²) >= 11 is 1.54. The average molecular weight is 286 g/mol. The van der Waals surface area contributed by atoms with Crippen LogP contribution in [0.4, 0.5) is 5.69 Å². The summed E-state index contributed by atoms with van der Waals surface area (Å²) in [4.78, 5) is 13.8. The number of anilines is 1. The molecule has 2 saturated heterocycles. The van der Waals surface area contributed by atoms with E-state index in [-0.39, 0.29) is 18.0 Å². The van der Waals surface area contributed by atoms with Crippen LogP contribution in [0.15, 0.2) is 16.8 Å². The van der Waals surface area contributed by atoms with Gasteiger partial charge in [0, 0.05) is 18.3 Å². The van der Waals surface area contributed by atoms with Crippen molar-refractivity contribution in [2.24, 2.45) is 0 Å². The van der Waals surface area contributed by atoms with Gasteiger partial charge in [-0.25, -0.2) is 8.42 Å². The van der Waals surface area contributed by atoms with Crippen molar-refractivity contribution in [1.29, 1.82) is 0 Å². The van der Waals surface area contributed by atoms with Crippen LogP contribution in [0.1, 0.15) is 12.8 Å². The van der Waals surface area contributed by atoms with Crippen molar-refractivity contribution in [3.05, 3.63) is 16.8 Å². The number of thiophene rings is 1. The molecule has 1 aromatic rings. The van der Waals surface area contributed by atoms with E-state index in [1.165, 1.54) is 10.6 Å². The van der Waals surface area contributed by atoms with Crippen molar-refractivity contribution in [3.63, 3.8) is 0 Å². The number of sulfonamides is 1. The standard InChI is InChI=1S/C11H14N2O3S2/c1-18(15,16)12-4-2-9-10(12)6-11(14)13(9)8-3-5-17-7-8/h3,5,7,9-10H,2,4,6H2,1H3/t9-,10+/m1/s1. The van der Waals surface area contributed by atoms with Gasteiger partial charge in [0.25, 0.3) is 0 Å². The predicted octanol–water partition coefficient (Wildman–Crippen LogP) is 0.887. The van der Waals surface area contributed by atoms with Crippen LogP contribution in [0.5, 0.6) is 0 Å². The van der Waals surface area contributed by atoms with Gasteiger partial charge < -0.3 is 4.90 Å². The van der Waals surface area contributed by atoms with E-state index in [4.69, 9.17) is 0 Å². The minimum Gasteiger partial charge on any atom is -0.307 e. The second-order valence-electron chi connectivity index (χ2n) is 4.75. The fourth-order valence-electron chi connectivity index (χ4n) is 2.95. The van der Waals surface area contributed by atoms with E-state index >= 15 is 0 Å². The number of fused-ring (bicyclic) bond motifs is 1. The van der Waals surface area contributed by atoms with Gasteiger partial charge in [-0.05, 0) is 17.9 Å². The summed E-state index contributed by atoms with van der Waals surface area (Å²) in [7, 11) is -3.22. The molecule has 18 heavy (non-hydrogen) atoms. The summed E-state index contributed by atoms with van der Waals surface area (Å²) in [6.07, 6.45) is 2.24. The molecule has 2 atom stereocenters. The molecule has 0 bridgehead atoms. The minimum absolute atomic E-state index is 0.00169. The summed E-state index contributed by atoms with van der Waals surface area (Å²) < 4.78 is 24.8. The molecule has 3 heterocycles. The molecule has 0 aromatic carbocycles. The first-order valence-electron chi connectivity index (χ1n) is 5.79. The Morgan fingerprint density at radius 1 is 1.39 bits per heavy atom. The van der Waals surface area contributed by atoms with E-state index in [0.717, 1.165) is 12.1 Å². The maximum Gasteiger partial charge on any atom is 0.229 e. The molecule has 0 aliphatic carbocycles. The van der Waals surface area contributed by atoms with Crippen molar-refractivity contribution in [2.75, 3.05) is 17.7 Å². The van der Waals surface area contributed by atoms with Crippen molar-refractivity contribution in [2.45, 2.75) is 24.9 Å². The lowest BCUT2D eigenvalue weighted by Crippen LogP contribution is -2.39.